The molecule has 130 valence electrons. The Morgan fingerprint density at radius 1 is 1.29 bits per heavy atom. The molecule has 1 saturated heterocycles. The molecule has 5 heteroatoms. The lowest BCUT2D eigenvalue weighted by atomic mass is 9.80. The van der Waals surface area contributed by atoms with E-state index in [0.717, 1.165) is 38.4 Å². The molecule has 1 aliphatic heterocycles. The highest BCUT2D eigenvalue weighted by atomic mass is 16.2. The van der Waals surface area contributed by atoms with E-state index in [0.29, 0.717) is 17.7 Å². The Bertz CT molecular complexity index is 578. The van der Waals surface area contributed by atoms with E-state index < -0.39 is 0 Å². The number of nitrogens with zero attached hydrogens (tertiary/aromatic N) is 3. The molecule has 2 heterocycles. The molecule has 0 unspecified atom stereocenters. The van der Waals surface area contributed by atoms with Gasteiger partial charge in [0.1, 0.15) is 5.69 Å². The monoisotopic (exact) mass is 328 g/mol. The fourth-order valence-electron chi connectivity index (χ4n) is 3.89. The summed E-state index contributed by atoms with van der Waals surface area (Å²) in [5, 5.41) is 3.74. The minimum atomic E-state index is 0.00114. The highest BCUT2D eigenvalue weighted by molar-refractivity contribution is 5.92. The maximum absolute atomic E-state index is 12.4. The van der Waals surface area contributed by atoms with Crippen LogP contribution in [0.4, 0.5) is 0 Å². The highest BCUT2D eigenvalue weighted by Crippen LogP contribution is 2.29. The van der Waals surface area contributed by atoms with Gasteiger partial charge in [-0.25, -0.2) is 4.98 Å². The van der Waals surface area contributed by atoms with Gasteiger partial charge in [-0.3, -0.25) is 9.78 Å². The molecule has 24 heavy (non-hydrogen) atoms. The minimum Gasteiger partial charge on any atom is -0.337 e. The van der Waals surface area contributed by atoms with Crippen molar-refractivity contribution in [3.63, 3.8) is 0 Å². The Morgan fingerprint density at radius 3 is 2.75 bits per heavy atom. The summed E-state index contributed by atoms with van der Waals surface area (Å²) >= 11 is 0. The lowest BCUT2D eigenvalue weighted by Crippen LogP contribution is -2.46. The average Bonchev–Trinajstić information content (AvgIpc) is 2.62. The lowest BCUT2D eigenvalue weighted by molar-refractivity contribution is 0.0697. The second kappa shape index (κ2) is 7.88. The summed E-state index contributed by atoms with van der Waals surface area (Å²) in [6, 6.07) is 0.512. The van der Waals surface area contributed by atoms with Crippen LogP contribution in [0.25, 0.3) is 0 Å². The predicted octanol–water partition coefficient (Wildman–Crippen LogP) is 2.66. The third-order valence-corrected chi connectivity index (χ3v) is 5.55. The van der Waals surface area contributed by atoms with Crippen LogP contribution in [0.3, 0.4) is 0 Å². The Morgan fingerprint density at radius 2 is 2.08 bits per heavy atom. The number of rotatable bonds is 4. The van der Waals surface area contributed by atoms with Gasteiger partial charge in [-0.1, -0.05) is 18.6 Å². The number of nitrogens with one attached hydrogen (secondary N) is 1. The largest absolute Gasteiger partial charge is 0.337 e. The van der Waals surface area contributed by atoms with Crippen molar-refractivity contribution in [1.29, 1.82) is 0 Å². The van der Waals surface area contributed by atoms with Crippen molar-refractivity contribution in [2.75, 3.05) is 19.6 Å². The lowest BCUT2D eigenvalue weighted by Gasteiger charge is -2.35. The average molecular weight is 328 g/mol. The van der Waals surface area contributed by atoms with Crippen molar-refractivity contribution < 1.29 is 4.79 Å². The Labute approximate surface area is 144 Å². The van der Waals surface area contributed by atoms with Gasteiger partial charge >= 0.3 is 0 Å². The van der Waals surface area contributed by atoms with Crippen LogP contribution in [0.15, 0.2) is 30.2 Å². The van der Waals surface area contributed by atoms with E-state index >= 15 is 0 Å². The standard InChI is InChI=1S/C19H28N4O/c1-14-4-3-5-15(2)17(14)12-22-16-6-10-23(11-7-16)19(24)18-13-20-8-9-21-18/h4,8-9,13,15-17,22H,3,5-7,10-12H2,1-2H3/t15-,17+/m0/s1. The molecule has 1 amide bonds. The number of piperidine rings is 1. The molecule has 1 N–H and O–H groups in total. The molecule has 0 bridgehead atoms. The Balaban J connectivity index is 1.46. The molecule has 0 saturated carbocycles. The highest BCUT2D eigenvalue weighted by Gasteiger charge is 2.26. The van der Waals surface area contributed by atoms with Gasteiger partial charge in [0.15, 0.2) is 0 Å². The van der Waals surface area contributed by atoms with Crippen LogP contribution in [-0.2, 0) is 0 Å². The van der Waals surface area contributed by atoms with Crippen LogP contribution in [0.5, 0.6) is 0 Å². The second-order valence-corrected chi connectivity index (χ2v) is 7.17. The first-order valence-electron chi connectivity index (χ1n) is 9.10. The number of hydrogen-bond acceptors (Lipinski definition) is 4. The van der Waals surface area contributed by atoms with Gasteiger partial charge in [-0.15, -0.1) is 0 Å². The number of carbonyl (C=O) groups is 1. The molecule has 2 atom stereocenters. The van der Waals surface area contributed by atoms with E-state index in [1.54, 1.807) is 18.6 Å². The zero-order chi connectivity index (χ0) is 16.9. The SMILES string of the molecule is CC1=CCC[C@H](C)[C@@H]1CNC1CCN(C(=O)c2cnccn2)CC1. The van der Waals surface area contributed by atoms with Gasteiger partial charge in [0, 0.05) is 38.1 Å². The fraction of sp³-hybridized carbons (Fsp3) is 0.632. The first-order chi connectivity index (χ1) is 11.6. The van der Waals surface area contributed by atoms with Crippen molar-refractivity contribution in [2.45, 2.75) is 45.6 Å². The maximum atomic E-state index is 12.4. The summed E-state index contributed by atoms with van der Waals surface area (Å²) < 4.78 is 0. The zero-order valence-corrected chi connectivity index (χ0v) is 14.7. The van der Waals surface area contributed by atoms with Crippen molar-refractivity contribution in [2.24, 2.45) is 11.8 Å². The molecule has 1 aromatic heterocycles. The van der Waals surface area contributed by atoms with Crippen molar-refractivity contribution in [3.8, 4) is 0 Å². The summed E-state index contributed by atoms with van der Waals surface area (Å²) in [6.45, 7) is 7.28. The smallest absolute Gasteiger partial charge is 0.274 e. The molecule has 0 aromatic carbocycles. The molecule has 5 nitrogen and oxygen atoms in total. The number of carbonyl (C=O) groups excluding carboxylic acids is 1. The number of likely N-dealkylation sites (tertiary alicyclic amines) is 1. The van der Waals surface area contributed by atoms with Crippen molar-refractivity contribution in [3.05, 3.63) is 35.9 Å². The first-order valence-corrected chi connectivity index (χ1v) is 9.10. The second-order valence-electron chi connectivity index (χ2n) is 7.17. The van der Waals surface area contributed by atoms with Crippen molar-refractivity contribution >= 4 is 5.91 Å². The van der Waals surface area contributed by atoms with E-state index in [2.05, 4.69) is 35.2 Å². The molecule has 1 fully saturated rings. The topological polar surface area (TPSA) is 58.1 Å². The molecule has 1 aliphatic carbocycles. The third kappa shape index (κ3) is 4.01. The summed E-state index contributed by atoms with van der Waals surface area (Å²) in [5.41, 5.74) is 1.98. The van der Waals surface area contributed by atoms with Gasteiger partial charge in [0.2, 0.25) is 0 Å². The van der Waals surface area contributed by atoms with Crippen LogP contribution in [0.2, 0.25) is 0 Å². The molecule has 2 aliphatic rings. The minimum absolute atomic E-state index is 0.00114. The van der Waals surface area contributed by atoms with Gasteiger partial charge in [-0.05, 0) is 44.4 Å². The van der Waals surface area contributed by atoms with E-state index in [-0.39, 0.29) is 5.91 Å². The summed E-state index contributed by atoms with van der Waals surface area (Å²) in [6.07, 6.45) is 11.7. The third-order valence-electron chi connectivity index (χ3n) is 5.55. The quantitative estimate of drug-likeness (QED) is 0.863. The van der Waals surface area contributed by atoms with E-state index in [4.69, 9.17) is 0 Å². The summed E-state index contributed by atoms with van der Waals surface area (Å²) in [4.78, 5) is 22.4. The Hall–Kier alpha value is -1.75. The van der Waals surface area contributed by atoms with Crippen LogP contribution in [0.1, 0.15) is 50.0 Å². The van der Waals surface area contributed by atoms with Gasteiger partial charge < -0.3 is 10.2 Å². The predicted molar refractivity (Wildman–Crippen MR) is 94.6 cm³/mol. The van der Waals surface area contributed by atoms with Gasteiger partial charge in [0.25, 0.3) is 5.91 Å². The number of allylic oxidation sites excluding steroid dienone is 1. The molecule has 0 radical (unpaired) electrons. The van der Waals surface area contributed by atoms with E-state index in [1.807, 2.05) is 4.90 Å². The van der Waals surface area contributed by atoms with Crippen LogP contribution in [-0.4, -0.2) is 46.5 Å². The summed E-state index contributed by atoms with van der Waals surface area (Å²) in [7, 11) is 0. The van der Waals surface area contributed by atoms with E-state index in [9.17, 15) is 4.79 Å². The zero-order valence-electron chi connectivity index (χ0n) is 14.7. The molecule has 1 aromatic rings. The molecule has 0 spiro atoms. The fourth-order valence-corrected chi connectivity index (χ4v) is 3.89. The van der Waals surface area contributed by atoms with Crippen molar-refractivity contribution in [1.82, 2.24) is 20.2 Å². The van der Waals surface area contributed by atoms with Crippen LogP contribution in [0, 0.1) is 11.8 Å². The first kappa shape index (κ1) is 17.1. The van der Waals surface area contributed by atoms with Gasteiger partial charge in [-0.2, -0.15) is 0 Å². The number of hydrogen-bond donors (Lipinski definition) is 1. The number of aromatic nitrogens is 2. The molecular weight excluding hydrogens is 300 g/mol. The molecular formula is C19H28N4O. The van der Waals surface area contributed by atoms with Crippen LogP contribution < -0.4 is 5.32 Å². The Kier molecular flexibility index (Phi) is 5.61. The van der Waals surface area contributed by atoms with Gasteiger partial charge in [0.05, 0.1) is 6.20 Å². The maximum Gasteiger partial charge on any atom is 0.274 e. The molecule has 3 rings (SSSR count). The number of amides is 1. The van der Waals surface area contributed by atoms with Crippen LogP contribution >= 0.6 is 0 Å². The summed E-state index contributed by atoms with van der Waals surface area (Å²) in [5.74, 6) is 1.43. The van der Waals surface area contributed by atoms with E-state index in [1.165, 1.54) is 18.4 Å². The normalized spacial score (nSPS) is 25.4.